The van der Waals surface area contributed by atoms with Crippen LogP contribution in [0.2, 0.25) is 0 Å². The molecule has 1 unspecified atom stereocenters. The third-order valence-corrected chi connectivity index (χ3v) is 5.06. The second-order valence-electron chi connectivity index (χ2n) is 7.38. The lowest BCUT2D eigenvalue weighted by atomic mass is 10.1. The van der Waals surface area contributed by atoms with Gasteiger partial charge in [0.05, 0.1) is 13.7 Å². The minimum Gasteiger partial charge on any atom is -0.496 e. The maximum absolute atomic E-state index is 12.3. The summed E-state index contributed by atoms with van der Waals surface area (Å²) in [7, 11) is 1.69. The molecule has 1 heterocycles. The van der Waals surface area contributed by atoms with Gasteiger partial charge in [-0.1, -0.05) is 30.3 Å². The predicted octanol–water partition coefficient (Wildman–Crippen LogP) is 3.11. The zero-order valence-corrected chi connectivity index (χ0v) is 18.3. The van der Waals surface area contributed by atoms with Gasteiger partial charge in [0, 0.05) is 25.4 Å². The van der Waals surface area contributed by atoms with E-state index in [0.29, 0.717) is 13.2 Å². The van der Waals surface area contributed by atoms with Gasteiger partial charge in [-0.15, -0.1) is 0 Å². The minimum atomic E-state index is -0.338. The molecular formula is C24H32N4O3. The Labute approximate surface area is 184 Å². The van der Waals surface area contributed by atoms with Crippen LogP contribution in [-0.4, -0.2) is 44.8 Å². The number of ether oxygens (including phenoxy) is 2. The van der Waals surface area contributed by atoms with Gasteiger partial charge in [-0.2, -0.15) is 0 Å². The number of carbonyl (C=O) groups excluding carboxylic acids is 1. The maximum atomic E-state index is 12.3. The number of anilines is 1. The summed E-state index contributed by atoms with van der Waals surface area (Å²) in [5, 5.41) is 9.59. The molecule has 1 fully saturated rings. The van der Waals surface area contributed by atoms with Crippen molar-refractivity contribution < 1.29 is 14.3 Å². The van der Waals surface area contributed by atoms with Crippen molar-refractivity contribution in [2.75, 3.05) is 32.1 Å². The molecule has 1 saturated heterocycles. The molecule has 3 rings (SSSR count). The number of nitrogens with zero attached hydrogens (tertiary/aromatic N) is 1. The zero-order valence-electron chi connectivity index (χ0n) is 18.3. The summed E-state index contributed by atoms with van der Waals surface area (Å²) < 4.78 is 10.9. The molecule has 1 atom stereocenters. The van der Waals surface area contributed by atoms with Crippen LogP contribution in [-0.2, 0) is 22.5 Å². The summed E-state index contributed by atoms with van der Waals surface area (Å²) in [6.07, 6.45) is 2.21. The van der Waals surface area contributed by atoms with Crippen LogP contribution in [0.1, 0.15) is 30.9 Å². The van der Waals surface area contributed by atoms with E-state index in [1.807, 2.05) is 49.4 Å². The Morgan fingerprint density at radius 2 is 2.06 bits per heavy atom. The van der Waals surface area contributed by atoms with E-state index < -0.39 is 0 Å². The van der Waals surface area contributed by atoms with Gasteiger partial charge in [-0.25, -0.2) is 4.99 Å². The number of benzene rings is 2. The summed E-state index contributed by atoms with van der Waals surface area (Å²) in [5.74, 6) is 1.57. The van der Waals surface area contributed by atoms with E-state index in [4.69, 9.17) is 9.47 Å². The normalized spacial score (nSPS) is 16.1. The van der Waals surface area contributed by atoms with Crippen LogP contribution < -0.4 is 20.7 Å². The number of para-hydroxylation sites is 1. The average Bonchev–Trinajstić information content (AvgIpc) is 3.33. The lowest BCUT2D eigenvalue weighted by Gasteiger charge is -2.13. The standard InChI is InChI=1S/C24H32N4O3/c1-3-25-24(26-14-13-19-9-4-5-11-21(19)30-2)27-17-18-8-6-10-20(16-18)28-23(29)22-12-7-15-31-22/h4-6,8-11,16,22H,3,7,12-15,17H2,1-2H3,(H,28,29)(H2,25,26,27). The number of hydrogen-bond donors (Lipinski definition) is 3. The highest BCUT2D eigenvalue weighted by molar-refractivity contribution is 5.94. The van der Waals surface area contributed by atoms with Crippen LogP contribution in [0.4, 0.5) is 5.69 Å². The first-order chi connectivity index (χ1) is 15.2. The molecule has 3 N–H and O–H groups in total. The van der Waals surface area contributed by atoms with E-state index in [2.05, 4.69) is 27.0 Å². The highest BCUT2D eigenvalue weighted by atomic mass is 16.5. The number of guanidine groups is 1. The zero-order chi connectivity index (χ0) is 21.9. The molecular weight excluding hydrogens is 392 g/mol. The Morgan fingerprint density at radius 1 is 1.19 bits per heavy atom. The molecule has 2 aromatic rings. The molecule has 0 radical (unpaired) electrons. The summed E-state index contributed by atoms with van der Waals surface area (Å²) in [5.41, 5.74) is 2.94. The molecule has 0 spiro atoms. The van der Waals surface area contributed by atoms with Crippen LogP contribution in [0, 0.1) is 0 Å². The number of rotatable bonds is 9. The Kier molecular flexibility index (Phi) is 8.72. The lowest BCUT2D eigenvalue weighted by Crippen LogP contribution is -2.38. The summed E-state index contributed by atoms with van der Waals surface area (Å²) >= 11 is 0. The van der Waals surface area contributed by atoms with Crippen LogP contribution >= 0.6 is 0 Å². The molecule has 2 aromatic carbocycles. The van der Waals surface area contributed by atoms with Crippen LogP contribution in [0.5, 0.6) is 5.75 Å². The fraction of sp³-hybridized carbons (Fsp3) is 0.417. The highest BCUT2D eigenvalue weighted by Gasteiger charge is 2.23. The van der Waals surface area contributed by atoms with Crippen molar-refractivity contribution in [1.29, 1.82) is 0 Å². The van der Waals surface area contributed by atoms with Crippen molar-refractivity contribution in [2.45, 2.75) is 38.8 Å². The maximum Gasteiger partial charge on any atom is 0.253 e. The van der Waals surface area contributed by atoms with Crippen LogP contribution in [0.3, 0.4) is 0 Å². The molecule has 1 amide bonds. The SMILES string of the molecule is CCNC(=NCc1cccc(NC(=O)C2CCCO2)c1)NCCc1ccccc1OC. The second-order valence-corrected chi connectivity index (χ2v) is 7.38. The summed E-state index contributed by atoms with van der Waals surface area (Å²) in [6, 6.07) is 15.8. The van der Waals surface area contributed by atoms with Crippen LogP contribution in [0.15, 0.2) is 53.5 Å². The first-order valence-electron chi connectivity index (χ1n) is 10.8. The van der Waals surface area contributed by atoms with Gasteiger partial charge in [0.1, 0.15) is 11.9 Å². The summed E-state index contributed by atoms with van der Waals surface area (Å²) in [6.45, 7) is 4.72. The van der Waals surface area contributed by atoms with E-state index in [0.717, 1.165) is 60.9 Å². The molecule has 31 heavy (non-hydrogen) atoms. The smallest absolute Gasteiger partial charge is 0.253 e. The van der Waals surface area contributed by atoms with Gasteiger partial charge < -0.3 is 25.4 Å². The monoisotopic (exact) mass is 424 g/mol. The van der Waals surface area contributed by atoms with E-state index >= 15 is 0 Å². The van der Waals surface area contributed by atoms with Crippen molar-refractivity contribution in [1.82, 2.24) is 10.6 Å². The van der Waals surface area contributed by atoms with Crippen molar-refractivity contribution in [2.24, 2.45) is 4.99 Å². The van der Waals surface area contributed by atoms with Crippen molar-refractivity contribution >= 4 is 17.6 Å². The van der Waals surface area contributed by atoms with Crippen molar-refractivity contribution in [3.63, 3.8) is 0 Å². The fourth-order valence-corrected chi connectivity index (χ4v) is 3.49. The quantitative estimate of drug-likeness (QED) is 0.426. The van der Waals surface area contributed by atoms with Gasteiger partial charge in [-0.05, 0) is 55.5 Å². The Hall–Kier alpha value is -3.06. The average molecular weight is 425 g/mol. The number of hydrogen-bond acceptors (Lipinski definition) is 4. The largest absolute Gasteiger partial charge is 0.496 e. The number of carbonyl (C=O) groups is 1. The van der Waals surface area contributed by atoms with Crippen molar-refractivity contribution in [3.05, 3.63) is 59.7 Å². The third-order valence-electron chi connectivity index (χ3n) is 5.06. The molecule has 0 aliphatic carbocycles. The number of aliphatic imine (C=N–C) groups is 1. The lowest BCUT2D eigenvalue weighted by molar-refractivity contribution is -0.124. The molecule has 7 heteroatoms. The highest BCUT2D eigenvalue weighted by Crippen LogP contribution is 2.18. The number of nitrogens with one attached hydrogen (secondary N) is 3. The third kappa shape index (κ3) is 7.00. The van der Waals surface area contributed by atoms with E-state index in [9.17, 15) is 4.79 Å². The van der Waals surface area contributed by atoms with Gasteiger partial charge in [0.25, 0.3) is 5.91 Å². The molecule has 0 aromatic heterocycles. The molecule has 0 saturated carbocycles. The Balaban J connectivity index is 1.55. The van der Waals surface area contributed by atoms with Gasteiger partial charge in [0.2, 0.25) is 0 Å². The van der Waals surface area contributed by atoms with Gasteiger partial charge >= 0.3 is 0 Å². The van der Waals surface area contributed by atoms with E-state index in [1.165, 1.54) is 0 Å². The van der Waals surface area contributed by atoms with E-state index in [1.54, 1.807) is 7.11 Å². The molecule has 7 nitrogen and oxygen atoms in total. The van der Waals surface area contributed by atoms with Gasteiger partial charge in [-0.3, -0.25) is 4.79 Å². The van der Waals surface area contributed by atoms with E-state index in [-0.39, 0.29) is 12.0 Å². The number of amides is 1. The molecule has 0 bridgehead atoms. The predicted molar refractivity (Wildman–Crippen MR) is 124 cm³/mol. The van der Waals surface area contributed by atoms with Crippen molar-refractivity contribution in [3.8, 4) is 5.75 Å². The first-order valence-corrected chi connectivity index (χ1v) is 10.8. The molecule has 166 valence electrons. The second kappa shape index (κ2) is 12.0. The van der Waals surface area contributed by atoms with Crippen LogP contribution in [0.25, 0.3) is 0 Å². The Bertz CT molecular complexity index is 879. The Morgan fingerprint density at radius 3 is 2.84 bits per heavy atom. The summed E-state index contributed by atoms with van der Waals surface area (Å²) in [4.78, 5) is 16.9. The topological polar surface area (TPSA) is 84.0 Å². The fourth-order valence-electron chi connectivity index (χ4n) is 3.49. The first kappa shape index (κ1) is 22.6. The molecule has 1 aliphatic rings. The van der Waals surface area contributed by atoms with Gasteiger partial charge in [0.15, 0.2) is 5.96 Å². The minimum absolute atomic E-state index is 0.0792. The molecule has 1 aliphatic heterocycles. The number of methoxy groups -OCH3 is 1.